The molecule has 0 bridgehead atoms. The number of rotatable bonds is 6. The van der Waals surface area contributed by atoms with Crippen molar-refractivity contribution in [3.63, 3.8) is 0 Å². The molecule has 1 aliphatic heterocycles. The fraction of sp³-hybridized carbons (Fsp3) is 0.300. The molecule has 0 fully saturated rings. The van der Waals surface area contributed by atoms with Gasteiger partial charge in [0.05, 0.1) is 5.02 Å². The van der Waals surface area contributed by atoms with Gasteiger partial charge in [-0.05, 0) is 22.4 Å². The van der Waals surface area contributed by atoms with Crippen LogP contribution in [0.3, 0.4) is 0 Å². The fourth-order valence-electron chi connectivity index (χ4n) is 3.62. The summed E-state index contributed by atoms with van der Waals surface area (Å²) in [7, 11) is 0. The minimum Gasteiger partial charge on any atom is -0.474 e. The second-order valence-electron chi connectivity index (χ2n) is 6.58. The van der Waals surface area contributed by atoms with Crippen LogP contribution < -0.4 is 10.1 Å². The number of hydrogen-bond donors (Lipinski definition) is 2. The summed E-state index contributed by atoms with van der Waals surface area (Å²) in [6, 6.07) is 10.2. The molecule has 2 aromatic carbocycles. The fourth-order valence-corrected chi connectivity index (χ4v) is 4.51. The van der Waals surface area contributed by atoms with Crippen molar-refractivity contribution in [2.45, 2.75) is 31.3 Å². The number of ketones is 1. The Morgan fingerprint density at radius 2 is 2.04 bits per heavy atom. The van der Waals surface area contributed by atoms with Crippen LogP contribution in [0.5, 0.6) is 5.75 Å². The van der Waals surface area contributed by atoms with E-state index in [1.165, 1.54) is 6.07 Å². The number of fused-ring (bicyclic) bond motifs is 1. The van der Waals surface area contributed by atoms with E-state index in [1.807, 2.05) is 13.0 Å². The zero-order valence-corrected chi connectivity index (χ0v) is 17.3. The maximum absolute atomic E-state index is 14.2. The monoisotopic (exact) mass is 469 g/mol. The summed E-state index contributed by atoms with van der Waals surface area (Å²) >= 11 is 9.39. The highest BCUT2D eigenvalue weighted by Crippen LogP contribution is 2.55. The summed E-state index contributed by atoms with van der Waals surface area (Å²) in [5.41, 5.74) is -0.0579. The normalized spacial score (nSPS) is 20.4. The lowest BCUT2D eigenvalue weighted by atomic mass is 9.76. The quantitative estimate of drug-likeness (QED) is 0.447. The highest BCUT2D eigenvalue weighted by atomic mass is 79.9. The molecule has 8 heteroatoms. The highest BCUT2D eigenvalue weighted by molar-refractivity contribution is 9.10. The molecule has 3 rings (SSSR count). The van der Waals surface area contributed by atoms with Crippen molar-refractivity contribution in [2.75, 3.05) is 6.54 Å². The Morgan fingerprint density at radius 1 is 1.36 bits per heavy atom. The minimum absolute atomic E-state index is 0.0591. The molecule has 0 spiro atoms. The third-order valence-electron chi connectivity index (χ3n) is 4.95. The maximum Gasteiger partial charge on any atom is 0.404 e. The van der Waals surface area contributed by atoms with Gasteiger partial charge in [-0.2, -0.15) is 0 Å². The predicted molar refractivity (Wildman–Crippen MR) is 107 cm³/mol. The van der Waals surface area contributed by atoms with Gasteiger partial charge in [-0.25, -0.2) is 9.18 Å². The number of hydrogen-bond acceptors (Lipinski definition) is 3. The maximum atomic E-state index is 14.2. The predicted octanol–water partition coefficient (Wildman–Crippen LogP) is 5.25. The van der Waals surface area contributed by atoms with Crippen molar-refractivity contribution >= 4 is 39.4 Å². The van der Waals surface area contributed by atoms with Crippen molar-refractivity contribution in [3.8, 4) is 5.75 Å². The number of nitrogens with one attached hydrogen (secondary N) is 1. The van der Waals surface area contributed by atoms with Crippen molar-refractivity contribution in [3.05, 3.63) is 62.8 Å². The molecule has 0 aromatic heterocycles. The molecule has 0 aliphatic carbocycles. The number of carbonyl (C=O) groups is 2. The first kappa shape index (κ1) is 20.6. The van der Waals surface area contributed by atoms with E-state index in [-0.39, 0.29) is 29.5 Å². The van der Waals surface area contributed by atoms with Crippen LogP contribution in [0, 0.1) is 5.82 Å². The Hall–Kier alpha value is -2.12. The molecule has 2 atom stereocenters. The van der Waals surface area contributed by atoms with Crippen LogP contribution in [-0.2, 0) is 10.4 Å². The molecule has 5 nitrogen and oxygen atoms in total. The van der Waals surface area contributed by atoms with E-state index < -0.39 is 23.4 Å². The number of carbonyl (C=O) groups excluding carboxylic acids is 1. The van der Waals surface area contributed by atoms with Crippen LogP contribution in [-0.4, -0.2) is 23.5 Å². The van der Waals surface area contributed by atoms with E-state index in [4.69, 9.17) is 21.4 Å². The number of ether oxygens (including phenoxy) is 1. The lowest BCUT2D eigenvalue weighted by Crippen LogP contribution is -2.43. The Labute approximate surface area is 175 Å². The lowest BCUT2D eigenvalue weighted by Gasteiger charge is -2.32. The zero-order chi connectivity index (χ0) is 20.5. The van der Waals surface area contributed by atoms with Gasteiger partial charge in [0.15, 0.2) is 11.4 Å². The average molecular weight is 471 g/mol. The van der Waals surface area contributed by atoms with Gasteiger partial charge in [0.2, 0.25) is 0 Å². The van der Waals surface area contributed by atoms with Crippen LogP contribution in [0.2, 0.25) is 5.02 Å². The second-order valence-corrected chi connectivity index (χ2v) is 7.75. The third-order valence-corrected chi connectivity index (χ3v) is 6.37. The largest absolute Gasteiger partial charge is 0.474 e. The van der Waals surface area contributed by atoms with Crippen LogP contribution in [0.15, 0.2) is 40.9 Å². The lowest BCUT2D eigenvalue weighted by molar-refractivity contribution is -0.135. The molecule has 1 heterocycles. The van der Waals surface area contributed by atoms with E-state index in [0.29, 0.717) is 22.0 Å². The number of Topliss-reactive ketones (excluding diaryl/α,β-unsaturated/α-hetero) is 1. The van der Waals surface area contributed by atoms with Crippen LogP contribution >= 0.6 is 27.5 Å². The van der Waals surface area contributed by atoms with Gasteiger partial charge in [-0.15, -0.1) is 0 Å². The van der Waals surface area contributed by atoms with E-state index >= 15 is 0 Å². The standard InChI is InChI=1S/C20H18BrClFNO4/c1-11-16-14(10-13(23)18(22)17(16)21)28-20(11,12-6-3-2-4-7-12)15(25)8-5-9-24-19(26)27/h2-4,6-7,10-11,24H,5,8-9H2,1H3,(H,26,27)/t11-,20-/m0/s1. The van der Waals surface area contributed by atoms with E-state index in [0.717, 1.165) is 0 Å². The van der Waals surface area contributed by atoms with Gasteiger partial charge in [0, 0.05) is 40.5 Å². The van der Waals surface area contributed by atoms with Crippen molar-refractivity contribution in [1.29, 1.82) is 0 Å². The summed E-state index contributed by atoms with van der Waals surface area (Å²) in [4.78, 5) is 23.9. The first-order valence-electron chi connectivity index (χ1n) is 8.71. The van der Waals surface area contributed by atoms with Gasteiger partial charge in [0.1, 0.15) is 11.6 Å². The summed E-state index contributed by atoms with van der Waals surface area (Å²) in [5.74, 6) is -1.01. The zero-order valence-electron chi connectivity index (χ0n) is 15.0. The molecule has 0 saturated heterocycles. The van der Waals surface area contributed by atoms with Gasteiger partial charge in [-0.3, -0.25) is 4.79 Å². The number of benzene rings is 2. The Balaban J connectivity index is 2.01. The smallest absolute Gasteiger partial charge is 0.404 e. The third kappa shape index (κ3) is 3.49. The summed E-state index contributed by atoms with van der Waals surface area (Å²) in [5, 5.41) is 10.9. The molecule has 0 radical (unpaired) electrons. The topological polar surface area (TPSA) is 75.6 Å². The molecule has 2 N–H and O–H groups in total. The Kier molecular flexibility index (Phi) is 5.95. The van der Waals surface area contributed by atoms with E-state index in [2.05, 4.69) is 21.2 Å². The van der Waals surface area contributed by atoms with E-state index in [9.17, 15) is 14.0 Å². The minimum atomic E-state index is -1.34. The van der Waals surface area contributed by atoms with Gasteiger partial charge < -0.3 is 15.2 Å². The molecule has 0 unspecified atom stereocenters. The summed E-state index contributed by atoms with van der Waals surface area (Å²) < 4.78 is 20.7. The van der Waals surface area contributed by atoms with Crippen molar-refractivity contribution in [1.82, 2.24) is 5.32 Å². The molecule has 0 saturated carbocycles. The van der Waals surface area contributed by atoms with Crippen LogP contribution in [0.4, 0.5) is 9.18 Å². The number of halogens is 3. The van der Waals surface area contributed by atoms with Crippen LogP contribution in [0.25, 0.3) is 0 Å². The van der Waals surface area contributed by atoms with E-state index in [1.54, 1.807) is 24.3 Å². The molecular formula is C20H18BrClFNO4. The summed E-state index contributed by atoms with van der Waals surface area (Å²) in [6.45, 7) is 1.99. The SMILES string of the molecule is C[C@H]1c2c(cc(F)c(Cl)c2Br)O[C@]1(C(=O)CCCNC(=O)O)c1ccccc1. The average Bonchev–Trinajstić information content (AvgIpc) is 2.97. The number of carboxylic acid groups (broad SMARTS) is 1. The molecular weight excluding hydrogens is 453 g/mol. The van der Waals surface area contributed by atoms with Crippen molar-refractivity contribution < 1.29 is 23.8 Å². The van der Waals surface area contributed by atoms with Gasteiger partial charge in [0.25, 0.3) is 0 Å². The van der Waals surface area contributed by atoms with Crippen LogP contribution in [0.1, 0.15) is 36.8 Å². The van der Waals surface area contributed by atoms with Gasteiger partial charge in [-0.1, -0.05) is 48.9 Å². The summed E-state index contributed by atoms with van der Waals surface area (Å²) in [6.07, 6.45) is -0.721. The Bertz CT molecular complexity index is 924. The molecule has 1 aliphatic rings. The molecule has 28 heavy (non-hydrogen) atoms. The van der Waals surface area contributed by atoms with Crippen molar-refractivity contribution in [2.24, 2.45) is 0 Å². The molecule has 148 valence electrons. The first-order valence-corrected chi connectivity index (χ1v) is 9.88. The molecule has 1 amide bonds. The second kappa shape index (κ2) is 8.09. The van der Waals surface area contributed by atoms with Gasteiger partial charge >= 0.3 is 6.09 Å². The molecule has 2 aromatic rings. The first-order chi connectivity index (χ1) is 13.3. The highest BCUT2D eigenvalue weighted by Gasteiger charge is 2.53. The Morgan fingerprint density at radius 3 is 2.68 bits per heavy atom. The number of amides is 1.